The molecule has 3 amide bonds. The molecule has 2 aromatic heterocycles. The van der Waals surface area contributed by atoms with Crippen LogP contribution in [-0.2, 0) is 14.3 Å². The quantitative estimate of drug-likeness (QED) is 0.292. The van der Waals surface area contributed by atoms with Gasteiger partial charge in [0.05, 0.1) is 10.8 Å². The average Bonchev–Trinajstić information content (AvgIpc) is 3.57. The number of piperidine rings is 2. The number of pyridine rings is 1. The van der Waals surface area contributed by atoms with E-state index in [1.807, 2.05) is 37.8 Å². The van der Waals surface area contributed by atoms with Crippen LogP contribution in [0.3, 0.4) is 0 Å². The molecule has 1 aromatic carbocycles. The van der Waals surface area contributed by atoms with Gasteiger partial charge in [-0.3, -0.25) is 19.1 Å². The molecule has 1 unspecified atom stereocenters. The summed E-state index contributed by atoms with van der Waals surface area (Å²) in [5.74, 6) is -0.607. The number of thioether (sulfide) groups is 1. The van der Waals surface area contributed by atoms with Crippen LogP contribution >= 0.6 is 11.8 Å². The number of H-pyrrole nitrogens is 1. The van der Waals surface area contributed by atoms with Crippen molar-refractivity contribution < 1.29 is 23.5 Å². The molecule has 51 heavy (non-hydrogen) atoms. The van der Waals surface area contributed by atoms with E-state index >= 15 is 4.39 Å². The van der Waals surface area contributed by atoms with E-state index in [0.29, 0.717) is 69.6 Å². The first-order valence-electron chi connectivity index (χ1n) is 18.1. The second-order valence-electron chi connectivity index (χ2n) is 16.3. The lowest BCUT2D eigenvalue weighted by Gasteiger charge is -2.35. The highest BCUT2D eigenvalue weighted by molar-refractivity contribution is 8.01. The number of rotatable bonds is 7. The van der Waals surface area contributed by atoms with Gasteiger partial charge in [0, 0.05) is 51.4 Å². The van der Waals surface area contributed by atoms with Crippen LogP contribution in [0.25, 0.3) is 11.2 Å². The van der Waals surface area contributed by atoms with Crippen molar-refractivity contribution in [1.82, 2.24) is 29.2 Å². The van der Waals surface area contributed by atoms with Crippen LogP contribution in [0, 0.1) is 11.2 Å². The summed E-state index contributed by atoms with van der Waals surface area (Å²) in [6.45, 7) is 14.3. The molecule has 3 aromatic rings. The van der Waals surface area contributed by atoms with Gasteiger partial charge in [0.2, 0.25) is 11.8 Å². The molecule has 11 nitrogen and oxygen atoms in total. The minimum absolute atomic E-state index is 0.0319. The molecule has 0 spiro atoms. The normalized spacial score (nSPS) is 21.2. The summed E-state index contributed by atoms with van der Waals surface area (Å²) in [7, 11) is 0. The van der Waals surface area contributed by atoms with E-state index in [1.165, 1.54) is 17.8 Å². The number of imidazole rings is 1. The van der Waals surface area contributed by atoms with E-state index < -0.39 is 16.2 Å². The van der Waals surface area contributed by atoms with Crippen molar-refractivity contribution in [2.24, 2.45) is 5.41 Å². The second-order valence-corrected chi connectivity index (χ2v) is 17.6. The van der Waals surface area contributed by atoms with E-state index in [0.717, 1.165) is 17.5 Å². The van der Waals surface area contributed by atoms with Crippen molar-refractivity contribution in [3.8, 4) is 0 Å². The molecule has 3 fully saturated rings. The number of carbonyl (C=O) groups excluding carboxylic acids is 3. The number of benzene rings is 1. The number of nitrogens with zero attached hydrogens (tertiary/aromatic N) is 5. The Morgan fingerprint density at radius 3 is 2.31 bits per heavy atom. The Morgan fingerprint density at radius 2 is 1.65 bits per heavy atom. The molecule has 3 aliphatic heterocycles. The molecule has 2 atom stereocenters. The molecular formula is C38H51FN6O5S. The van der Waals surface area contributed by atoms with Gasteiger partial charge in [-0.15, -0.1) is 11.8 Å². The SMILES string of the molecule is CC(C)(C)CCN1C(=O)[C@H](CC(=O)N2CCC(n3c(=O)[nH]c4ncccc43)CC2)SC1c1cccc(F)c1C1CCN(C(=O)OC(C)(C)C)CC1. The van der Waals surface area contributed by atoms with Gasteiger partial charge in [0.1, 0.15) is 16.8 Å². The molecule has 3 saturated heterocycles. The van der Waals surface area contributed by atoms with Gasteiger partial charge < -0.3 is 19.4 Å². The number of aromatic amines is 1. The zero-order valence-corrected chi connectivity index (χ0v) is 31.4. The van der Waals surface area contributed by atoms with Crippen molar-refractivity contribution in [2.75, 3.05) is 32.7 Å². The monoisotopic (exact) mass is 722 g/mol. The molecular weight excluding hydrogens is 672 g/mol. The lowest BCUT2D eigenvalue weighted by molar-refractivity contribution is -0.136. The van der Waals surface area contributed by atoms with Gasteiger partial charge in [0.25, 0.3) is 0 Å². The zero-order valence-electron chi connectivity index (χ0n) is 30.6. The summed E-state index contributed by atoms with van der Waals surface area (Å²) in [4.78, 5) is 65.8. The van der Waals surface area contributed by atoms with Crippen molar-refractivity contribution in [2.45, 2.75) is 108 Å². The summed E-state index contributed by atoms with van der Waals surface area (Å²) in [5, 5.41) is -1.02. The Kier molecular flexibility index (Phi) is 10.6. The van der Waals surface area contributed by atoms with Gasteiger partial charge in [-0.2, -0.15) is 0 Å². The van der Waals surface area contributed by atoms with Crippen LogP contribution < -0.4 is 5.69 Å². The highest BCUT2D eigenvalue weighted by atomic mass is 32.2. The Hall–Kier alpha value is -3.87. The van der Waals surface area contributed by atoms with Crippen LogP contribution in [0.15, 0.2) is 41.3 Å². The number of hydrogen-bond acceptors (Lipinski definition) is 7. The number of ether oxygens (including phenoxy) is 1. The van der Waals surface area contributed by atoms with Gasteiger partial charge in [-0.1, -0.05) is 32.9 Å². The van der Waals surface area contributed by atoms with Crippen molar-refractivity contribution in [3.05, 3.63) is 64.0 Å². The fourth-order valence-corrected chi connectivity index (χ4v) is 9.02. The number of halogens is 1. The first kappa shape index (κ1) is 36.9. The first-order chi connectivity index (χ1) is 24.1. The van der Waals surface area contributed by atoms with E-state index in [-0.39, 0.29) is 53.2 Å². The molecule has 0 bridgehead atoms. The molecule has 13 heteroatoms. The number of fused-ring (bicyclic) bond motifs is 1. The minimum atomic E-state index is -0.597. The number of carbonyl (C=O) groups is 3. The van der Waals surface area contributed by atoms with Crippen LogP contribution in [0.4, 0.5) is 9.18 Å². The summed E-state index contributed by atoms with van der Waals surface area (Å²) in [6, 6.07) is 8.73. The third-order valence-corrected chi connectivity index (χ3v) is 11.6. The Labute approximate surface area is 303 Å². The number of nitrogens with one attached hydrogen (secondary N) is 1. The lowest BCUT2D eigenvalue weighted by atomic mass is 9.85. The van der Waals surface area contributed by atoms with Gasteiger partial charge in [0.15, 0.2) is 5.65 Å². The number of amides is 3. The molecule has 3 aliphatic rings. The van der Waals surface area contributed by atoms with E-state index in [1.54, 1.807) is 32.7 Å². The van der Waals surface area contributed by atoms with Crippen LogP contribution in [-0.4, -0.2) is 90.7 Å². The molecule has 0 radical (unpaired) electrons. The highest BCUT2D eigenvalue weighted by Gasteiger charge is 2.44. The lowest BCUT2D eigenvalue weighted by Crippen LogP contribution is -2.42. The maximum Gasteiger partial charge on any atom is 0.410 e. The number of likely N-dealkylation sites (tertiary alicyclic amines) is 2. The topological polar surface area (TPSA) is 121 Å². The Bertz CT molecular complexity index is 1810. The second kappa shape index (κ2) is 14.6. The third-order valence-electron chi connectivity index (χ3n) is 10.2. The predicted molar refractivity (Wildman–Crippen MR) is 196 cm³/mol. The van der Waals surface area contributed by atoms with E-state index in [9.17, 15) is 19.2 Å². The Morgan fingerprint density at radius 1 is 0.961 bits per heavy atom. The van der Waals surface area contributed by atoms with Gasteiger partial charge in [-0.05, 0) is 93.5 Å². The van der Waals surface area contributed by atoms with E-state index in [2.05, 4.69) is 30.7 Å². The summed E-state index contributed by atoms with van der Waals surface area (Å²) in [6.07, 6.45) is 4.52. The highest BCUT2D eigenvalue weighted by Crippen LogP contribution is 2.48. The van der Waals surface area contributed by atoms with E-state index in [4.69, 9.17) is 4.74 Å². The first-order valence-corrected chi connectivity index (χ1v) is 19.1. The Balaban J connectivity index is 1.16. The maximum absolute atomic E-state index is 15.9. The largest absolute Gasteiger partial charge is 0.444 e. The molecule has 0 saturated carbocycles. The molecule has 0 aliphatic carbocycles. The maximum atomic E-state index is 15.9. The summed E-state index contributed by atoms with van der Waals surface area (Å²) < 4.78 is 23.2. The van der Waals surface area contributed by atoms with Crippen molar-refractivity contribution in [3.63, 3.8) is 0 Å². The van der Waals surface area contributed by atoms with Crippen molar-refractivity contribution >= 4 is 40.8 Å². The number of hydrogen-bond donors (Lipinski definition) is 1. The van der Waals surface area contributed by atoms with Crippen LogP contribution in [0.2, 0.25) is 0 Å². The molecule has 1 N–H and O–H groups in total. The minimum Gasteiger partial charge on any atom is -0.444 e. The fraction of sp³-hybridized carbons (Fsp3) is 0.605. The van der Waals surface area contributed by atoms with Crippen LogP contribution in [0.5, 0.6) is 0 Å². The standard InChI is InChI=1S/C38H51FN6O5S/c1-37(2,3)16-22-44-33(47)29(23-30(46)42-20-14-25(15-21-42)45-28-11-8-17-40-32(28)41-35(45)48)51-34(44)26-9-7-10-27(39)31(26)24-12-18-43(19-13-24)36(49)50-38(4,5)6/h7-11,17,24-25,29,34H,12-16,18-23H2,1-6H3,(H,40,41,48)/t29-,34?/m0/s1. The summed E-state index contributed by atoms with van der Waals surface area (Å²) in [5.41, 5.74) is 1.85. The summed E-state index contributed by atoms with van der Waals surface area (Å²) >= 11 is 1.44. The van der Waals surface area contributed by atoms with Gasteiger partial charge >= 0.3 is 11.8 Å². The third kappa shape index (κ3) is 8.29. The predicted octanol–water partition coefficient (Wildman–Crippen LogP) is 6.61. The number of aromatic nitrogens is 3. The van der Waals surface area contributed by atoms with Crippen molar-refractivity contribution in [1.29, 1.82) is 0 Å². The molecule has 5 heterocycles. The van der Waals surface area contributed by atoms with Gasteiger partial charge in [-0.25, -0.2) is 19.0 Å². The molecule has 276 valence electrons. The van der Waals surface area contributed by atoms with Crippen LogP contribution in [0.1, 0.15) is 109 Å². The smallest absolute Gasteiger partial charge is 0.410 e. The fourth-order valence-electron chi connectivity index (χ4n) is 7.51. The zero-order chi connectivity index (χ0) is 36.7. The average molecular weight is 723 g/mol. The molecule has 6 rings (SSSR count).